The van der Waals surface area contributed by atoms with E-state index in [1.165, 1.54) is 0 Å². The molecule has 0 amide bonds. The highest BCUT2D eigenvalue weighted by molar-refractivity contribution is 5.90. The molecule has 144 valence electrons. The van der Waals surface area contributed by atoms with Gasteiger partial charge in [0.2, 0.25) is 0 Å². The van der Waals surface area contributed by atoms with Crippen molar-refractivity contribution in [2.24, 2.45) is 5.73 Å². The third-order valence-corrected chi connectivity index (χ3v) is 5.02. The van der Waals surface area contributed by atoms with Crippen molar-refractivity contribution >= 4 is 21.9 Å². The van der Waals surface area contributed by atoms with Gasteiger partial charge in [0, 0.05) is 23.2 Å². The average molecular weight is 375 g/mol. The lowest BCUT2D eigenvalue weighted by atomic mass is 9.94. The second kappa shape index (κ2) is 7.58. The summed E-state index contributed by atoms with van der Waals surface area (Å²) in [6, 6.07) is 13.8. The Morgan fingerprint density at radius 1 is 1.14 bits per heavy atom. The zero-order valence-electron chi connectivity index (χ0n) is 16.4. The third-order valence-electron chi connectivity index (χ3n) is 5.02. The summed E-state index contributed by atoms with van der Waals surface area (Å²) < 4.78 is 5.45. The van der Waals surface area contributed by atoms with Gasteiger partial charge in [0.1, 0.15) is 11.6 Å². The van der Waals surface area contributed by atoms with Crippen molar-refractivity contribution in [2.75, 3.05) is 27.7 Å². The molecule has 6 nitrogen and oxygen atoms in total. The monoisotopic (exact) mass is 375 g/mol. The smallest absolute Gasteiger partial charge is 0.140 e. The van der Waals surface area contributed by atoms with Crippen molar-refractivity contribution in [1.29, 1.82) is 0 Å². The molecule has 2 heterocycles. The molecule has 4 aromatic rings. The van der Waals surface area contributed by atoms with Crippen molar-refractivity contribution in [3.05, 3.63) is 54.2 Å². The molecular formula is C22H25N5O. The molecule has 0 aliphatic carbocycles. The van der Waals surface area contributed by atoms with Gasteiger partial charge in [0.05, 0.1) is 23.7 Å². The first kappa shape index (κ1) is 18.4. The standard InChI is InChI=1S/C22H25N5O/c1-27(2)11-10-17(23)21-15-12-14(28-3)8-9-18(15)24-13-16(21)22-25-19-6-4-5-7-20(19)26-22/h4-9,12-13,17H,10-11,23H2,1-3H3,(H,25,26). The van der Waals surface area contributed by atoms with Crippen molar-refractivity contribution in [2.45, 2.75) is 12.5 Å². The Hall–Kier alpha value is -2.96. The van der Waals surface area contributed by atoms with E-state index in [2.05, 4.69) is 29.0 Å². The molecule has 4 rings (SSSR count). The Bertz CT molecular complexity index is 1090. The predicted molar refractivity (Wildman–Crippen MR) is 113 cm³/mol. The topological polar surface area (TPSA) is 80.1 Å². The second-order valence-electron chi connectivity index (χ2n) is 7.27. The Kier molecular flexibility index (Phi) is 4.98. The molecule has 0 spiro atoms. The fraction of sp³-hybridized carbons (Fsp3) is 0.273. The van der Waals surface area contributed by atoms with Crippen LogP contribution in [0.5, 0.6) is 5.75 Å². The lowest BCUT2D eigenvalue weighted by molar-refractivity contribution is 0.383. The van der Waals surface area contributed by atoms with E-state index in [-0.39, 0.29) is 6.04 Å². The molecule has 0 aliphatic rings. The molecular weight excluding hydrogens is 350 g/mol. The number of fused-ring (bicyclic) bond motifs is 2. The van der Waals surface area contributed by atoms with Gasteiger partial charge >= 0.3 is 0 Å². The van der Waals surface area contributed by atoms with E-state index >= 15 is 0 Å². The average Bonchev–Trinajstić information content (AvgIpc) is 3.14. The highest BCUT2D eigenvalue weighted by Crippen LogP contribution is 2.35. The van der Waals surface area contributed by atoms with Gasteiger partial charge in [0.15, 0.2) is 0 Å². The van der Waals surface area contributed by atoms with E-state index < -0.39 is 0 Å². The fourth-order valence-electron chi connectivity index (χ4n) is 3.53. The Balaban J connectivity index is 1.92. The SMILES string of the molecule is COc1ccc2ncc(-c3nc4ccccc4[nH]3)c(C(N)CCN(C)C)c2c1. The molecule has 0 saturated heterocycles. The maximum absolute atomic E-state index is 6.70. The van der Waals surface area contributed by atoms with Crippen LogP contribution in [0.15, 0.2) is 48.7 Å². The molecule has 1 unspecified atom stereocenters. The van der Waals surface area contributed by atoms with Gasteiger partial charge < -0.3 is 20.4 Å². The number of hydrogen-bond acceptors (Lipinski definition) is 5. The first-order valence-corrected chi connectivity index (χ1v) is 9.39. The minimum atomic E-state index is -0.150. The van der Waals surface area contributed by atoms with Gasteiger partial charge in [-0.05, 0) is 63.0 Å². The van der Waals surface area contributed by atoms with Crippen LogP contribution in [-0.2, 0) is 0 Å². The molecule has 28 heavy (non-hydrogen) atoms. The van der Waals surface area contributed by atoms with Crippen LogP contribution in [0, 0.1) is 0 Å². The normalized spacial score (nSPS) is 12.8. The van der Waals surface area contributed by atoms with Crippen LogP contribution in [0.25, 0.3) is 33.3 Å². The lowest BCUT2D eigenvalue weighted by Crippen LogP contribution is -2.21. The van der Waals surface area contributed by atoms with Crippen LogP contribution in [0.1, 0.15) is 18.0 Å². The summed E-state index contributed by atoms with van der Waals surface area (Å²) in [6.07, 6.45) is 2.70. The number of benzene rings is 2. The molecule has 0 radical (unpaired) electrons. The summed E-state index contributed by atoms with van der Waals surface area (Å²) in [6.45, 7) is 0.897. The number of pyridine rings is 1. The van der Waals surface area contributed by atoms with Crippen LogP contribution in [0.3, 0.4) is 0 Å². The van der Waals surface area contributed by atoms with Gasteiger partial charge in [-0.25, -0.2) is 4.98 Å². The van der Waals surface area contributed by atoms with Crippen LogP contribution in [0.2, 0.25) is 0 Å². The minimum Gasteiger partial charge on any atom is -0.497 e. The van der Waals surface area contributed by atoms with Crippen molar-refractivity contribution in [3.8, 4) is 17.1 Å². The van der Waals surface area contributed by atoms with Crippen molar-refractivity contribution in [3.63, 3.8) is 0 Å². The van der Waals surface area contributed by atoms with Crippen LogP contribution < -0.4 is 10.5 Å². The fourth-order valence-corrected chi connectivity index (χ4v) is 3.53. The number of imidazole rings is 1. The number of nitrogens with zero attached hydrogens (tertiary/aromatic N) is 3. The summed E-state index contributed by atoms with van der Waals surface area (Å²) in [7, 11) is 5.78. The molecule has 0 saturated carbocycles. The lowest BCUT2D eigenvalue weighted by Gasteiger charge is -2.20. The highest BCUT2D eigenvalue weighted by atomic mass is 16.5. The summed E-state index contributed by atoms with van der Waals surface area (Å²) in [5, 5.41) is 1.00. The van der Waals surface area contributed by atoms with Crippen LogP contribution in [0.4, 0.5) is 0 Å². The van der Waals surface area contributed by atoms with E-state index in [4.69, 9.17) is 15.5 Å². The zero-order valence-corrected chi connectivity index (χ0v) is 16.4. The van der Waals surface area contributed by atoms with Gasteiger partial charge in [-0.1, -0.05) is 12.1 Å². The van der Waals surface area contributed by atoms with Crippen molar-refractivity contribution in [1.82, 2.24) is 19.9 Å². The molecule has 0 bridgehead atoms. The van der Waals surface area contributed by atoms with Gasteiger partial charge in [0.25, 0.3) is 0 Å². The van der Waals surface area contributed by atoms with Gasteiger partial charge in [-0.15, -0.1) is 0 Å². The molecule has 3 N–H and O–H groups in total. The maximum atomic E-state index is 6.70. The maximum Gasteiger partial charge on any atom is 0.140 e. The summed E-state index contributed by atoms with van der Waals surface area (Å²) in [5.41, 5.74) is 11.5. The van der Waals surface area contributed by atoms with E-state index in [0.29, 0.717) is 0 Å². The number of nitrogens with one attached hydrogen (secondary N) is 1. The number of rotatable bonds is 6. The Morgan fingerprint density at radius 3 is 2.71 bits per heavy atom. The van der Waals surface area contributed by atoms with Crippen LogP contribution >= 0.6 is 0 Å². The molecule has 0 aliphatic heterocycles. The highest BCUT2D eigenvalue weighted by Gasteiger charge is 2.20. The number of nitrogens with two attached hydrogens (primary N) is 1. The number of H-pyrrole nitrogens is 1. The first-order valence-electron chi connectivity index (χ1n) is 9.39. The Labute approximate surface area is 164 Å². The van der Waals surface area contributed by atoms with Gasteiger partial charge in [-0.3, -0.25) is 4.98 Å². The van der Waals surface area contributed by atoms with Crippen molar-refractivity contribution < 1.29 is 4.74 Å². The number of hydrogen-bond donors (Lipinski definition) is 2. The Morgan fingerprint density at radius 2 is 1.96 bits per heavy atom. The minimum absolute atomic E-state index is 0.150. The molecule has 2 aromatic carbocycles. The summed E-state index contributed by atoms with van der Waals surface area (Å²) >= 11 is 0. The van der Waals surface area contributed by atoms with E-state index in [1.807, 2.05) is 48.7 Å². The molecule has 2 aromatic heterocycles. The predicted octanol–water partition coefficient (Wildman–Crippen LogP) is 3.74. The summed E-state index contributed by atoms with van der Waals surface area (Å²) in [4.78, 5) is 15.0. The van der Waals surface area contributed by atoms with E-state index in [0.717, 1.165) is 57.6 Å². The van der Waals surface area contributed by atoms with Gasteiger partial charge in [-0.2, -0.15) is 0 Å². The second-order valence-corrected chi connectivity index (χ2v) is 7.27. The molecule has 1 atom stereocenters. The van der Waals surface area contributed by atoms with E-state index in [1.54, 1.807) is 7.11 Å². The quantitative estimate of drug-likeness (QED) is 0.537. The number of aromatic nitrogens is 3. The molecule has 6 heteroatoms. The van der Waals surface area contributed by atoms with Crippen LogP contribution in [-0.4, -0.2) is 47.6 Å². The largest absolute Gasteiger partial charge is 0.497 e. The number of ether oxygens (including phenoxy) is 1. The number of aromatic amines is 1. The third kappa shape index (κ3) is 3.44. The summed E-state index contributed by atoms with van der Waals surface area (Å²) in [5.74, 6) is 1.57. The van der Waals surface area contributed by atoms with E-state index in [9.17, 15) is 0 Å². The number of methoxy groups -OCH3 is 1. The first-order chi connectivity index (χ1) is 13.6. The molecule has 0 fully saturated rings. The number of para-hydroxylation sites is 2. The zero-order chi connectivity index (χ0) is 19.7.